The number of rotatable bonds is 7. The van der Waals surface area contributed by atoms with E-state index >= 15 is 0 Å². The highest BCUT2D eigenvalue weighted by Crippen LogP contribution is 2.43. The minimum atomic E-state index is -0.597. The molecule has 4 rings (SSSR count). The SMILES string of the molecule is Cc1cc(F)ccc1C1(C(=O)NCC(N)C2CCC(C(=O)Nc3ccncc3)CC2)CCCC1. The molecule has 1 atom stereocenters. The lowest BCUT2D eigenvalue weighted by Gasteiger charge is -2.33. The van der Waals surface area contributed by atoms with Gasteiger partial charge in [0.1, 0.15) is 5.82 Å². The van der Waals surface area contributed by atoms with Gasteiger partial charge in [-0.3, -0.25) is 14.6 Å². The van der Waals surface area contributed by atoms with Gasteiger partial charge in [0.05, 0.1) is 5.41 Å². The van der Waals surface area contributed by atoms with Crippen molar-refractivity contribution in [3.05, 3.63) is 59.7 Å². The van der Waals surface area contributed by atoms with E-state index in [1.165, 1.54) is 12.1 Å². The number of carbonyl (C=O) groups is 2. The lowest BCUT2D eigenvalue weighted by atomic mass is 9.75. The van der Waals surface area contributed by atoms with Gasteiger partial charge in [0, 0.05) is 36.6 Å². The third-order valence-electron chi connectivity index (χ3n) is 7.79. The predicted octanol–water partition coefficient (Wildman–Crippen LogP) is 4.23. The summed E-state index contributed by atoms with van der Waals surface area (Å²) in [6, 6.07) is 8.15. The highest BCUT2D eigenvalue weighted by atomic mass is 19.1. The first-order valence-electron chi connectivity index (χ1n) is 12.4. The molecule has 0 radical (unpaired) electrons. The molecule has 2 aliphatic rings. The van der Waals surface area contributed by atoms with Gasteiger partial charge in [0.2, 0.25) is 11.8 Å². The van der Waals surface area contributed by atoms with Gasteiger partial charge < -0.3 is 16.4 Å². The molecule has 4 N–H and O–H groups in total. The summed E-state index contributed by atoms with van der Waals surface area (Å²) < 4.78 is 13.7. The molecular formula is C27H35FN4O2. The molecule has 2 fully saturated rings. The maximum atomic E-state index is 13.7. The Hall–Kier alpha value is -2.80. The summed E-state index contributed by atoms with van der Waals surface area (Å²) in [5, 5.41) is 6.09. The third-order valence-corrected chi connectivity index (χ3v) is 7.79. The number of nitrogens with zero attached hydrogens (tertiary/aromatic N) is 1. The Morgan fingerprint density at radius 2 is 1.79 bits per heavy atom. The number of pyridine rings is 1. The molecule has 0 spiro atoms. The highest BCUT2D eigenvalue weighted by Gasteiger charge is 2.43. The number of halogens is 1. The lowest BCUT2D eigenvalue weighted by molar-refractivity contribution is -0.126. The second-order valence-electron chi connectivity index (χ2n) is 9.96. The van der Waals surface area contributed by atoms with Crippen LogP contribution in [0.5, 0.6) is 0 Å². The summed E-state index contributed by atoms with van der Waals surface area (Å²) in [5.74, 6) is 0.0265. The largest absolute Gasteiger partial charge is 0.354 e. The van der Waals surface area contributed by atoms with Gasteiger partial charge in [-0.15, -0.1) is 0 Å². The smallest absolute Gasteiger partial charge is 0.230 e. The van der Waals surface area contributed by atoms with Crippen LogP contribution in [-0.4, -0.2) is 29.4 Å². The van der Waals surface area contributed by atoms with Crippen LogP contribution in [0.15, 0.2) is 42.7 Å². The van der Waals surface area contributed by atoms with Crippen LogP contribution in [0.4, 0.5) is 10.1 Å². The zero-order chi connectivity index (χ0) is 24.1. The van der Waals surface area contributed by atoms with Gasteiger partial charge in [-0.05, 0) is 86.8 Å². The predicted molar refractivity (Wildman–Crippen MR) is 131 cm³/mol. The third kappa shape index (κ3) is 5.30. The molecule has 2 saturated carbocycles. The van der Waals surface area contributed by atoms with Gasteiger partial charge in [-0.1, -0.05) is 18.9 Å². The summed E-state index contributed by atoms with van der Waals surface area (Å²) in [5.41, 5.74) is 8.42. The van der Waals surface area contributed by atoms with Gasteiger partial charge in [0.15, 0.2) is 0 Å². The van der Waals surface area contributed by atoms with Crippen molar-refractivity contribution < 1.29 is 14.0 Å². The number of aryl methyl sites for hydroxylation is 1. The number of nitrogens with two attached hydrogens (primary N) is 1. The first kappa shape index (κ1) is 24.3. The van der Waals surface area contributed by atoms with E-state index in [0.29, 0.717) is 6.54 Å². The summed E-state index contributed by atoms with van der Waals surface area (Å²) in [4.78, 5) is 29.9. The molecule has 0 saturated heterocycles. The second-order valence-corrected chi connectivity index (χ2v) is 9.96. The van der Waals surface area contributed by atoms with Crippen LogP contribution in [0.25, 0.3) is 0 Å². The Kier molecular flexibility index (Phi) is 7.61. The fraction of sp³-hybridized carbons (Fsp3) is 0.519. The van der Waals surface area contributed by atoms with Gasteiger partial charge in [-0.2, -0.15) is 0 Å². The summed E-state index contributed by atoms with van der Waals surface area (Å²) in [6.07, 6.45) is 10.2. The van der Waals surface area contributed by atoms with Crippen molar-refractivity contribution in [2.45, 2.75) is 69.7 Å². The Bertz CT molecular complexity index is 999. The number of hydrogen-bond acceptors (Lipinski definition) is 4. The van der Waals surface area contributed by atoms with Crippen LogP contribution in [-0.2, 0) is 15.0 Å². The van der Waals surface area contributed by atoms with Crippen molar-refractivity contribution in [1.29, 1.82) is 0 Å². The maximum absolute atomic E-state index is 13.7. The van der Waals surface area contributed by atoms with Crippen LogP contribution in [0, 0.1) is 24.6 Å². The molecule has 6 nitrogen and oxygen atoms in total. The van der Waals surface area contributed by atoms with Gasteiger partial charge >= 0.3 is 0 Å². The fourth-order valence-corrected chi connectivity index (χ4v) is 5.80. The minimum Gasteiger partial charge on any atom is -0.354 e. The summed E-state index contributed by atoms with van der Waals surface area (Å²) in [7, 11) is 0. The Balaban J connectivity index is 1.30. The van der Waals surface area contributed by atoms with E-state index < -0.39 is 5.41 Å². The topological polar surface area (TPSA) is 97.1 Å². The first-order valence-corrected chi connectivity index (χ1v) is 12.4. The molecule has 182 valence electrons. The van der Waals surface area contributed by atoms with E-state index in [-0.39, 0.29) is 35.5 Å². The summed E-state index contributed by atoms with van der Waals surface area (Å²) in [6.45, 7) is 2.29. The van der Waals surface area contributed by atoms with Crippen molar-refractivity contribution in [2.24, 2.45) is 17.6 Å². The van der Waals surface area contributed by atoms with Crippen molar-refractivity contribution in [3.63, 3.8) is 0 Å². The monoisotopic (exact) mass is 466 g/mol. The molecule has 34 heavy (non-hydrogen) atoms. The number of hydrogen-bond donors (Lipinski definition) is 3. The zero-order valence-electron chi connectivity index (χ0n) is 19.9. The van der Waals surface area contributed by atoms with Crippen LogP contribution < -0.4 is 16.4 Å². The van der Waals surface area contributed by atoms with Crippen LogP contribution in [0.1, 0.15) is 62.5 Å². The van der Waals surface area contributed by atoms with Crippen LogP contribution in [0.2, 0.25) is 0 Å². The number of aromatic nitrogens is 1. The Morgan fingerprint density at radius 1 is 1.12 bits per heavy atom. The number of anilines is 1. The van der Waals surface area contributed by atoms with Crippen LogP contribution >= 0.6 is 0 Å². The normalized spacial score (nSPS) is 22.7. The average Bonchev–Trinajstić information content (AvgIpc) is 3.34. The second kappa shape index (κ2) is 10.6. The standard InChI is InChI=1S/C27H35FN4O2/c1-18-16-21(28)8-9-23(18)27(12-2-3-13-27)26(34)31-17-24(29)19-4-6-20(7-5-19)25(33)32-22-10-14-30-15-11-22/h8-11,14-16,19-20,24H,2-7,12-13,17,29H2,1H3,(H,31,34)(H,30,32,33). The van der Waals surface area contributed by atoms with Crippen molar-refractivity contribution >= 4 is 17.5 Å². The minimum absolute atomic E-state index is 0.000530. The fourth-order valence-electron chi connectivity index (χ4n) is 5.80. The van der Waals surface area contributed by atoms with Crippen molar-refractivity contribution in [3.8, 4) is 0 Å². The first-order chi connectivity index (χ1) is 16.4. The van der Waals surface area contributed by atoms with E-state index in [1.807, 2.05) is 6.92 Å². The number of nitrogens with one attached hydrogen (secondary N) is 2. The maximum Gasteiger partial charge on any atom is 0.230 e. The molecule has 1 heterocycles. The molecule has 1 aromatic heterocycles. The molecule has 1 unspecified atom stereocenters. The quantitative estimate of drug-likeness (QED) is 0.569. The zero-order valence-corrected chi connectivity index (χ0v) is 19.9. The van der Waals surface area contributed by atoms with Gasteiger partial charge in [-0.25, -0.2) is 4.39 Å². The van der Waals surface area contributed by atoms with Crippen molar-refractivity contribution in [1.82, 2.24) is 10.3 Å². The molecule has 0 bridgehead atoms. The number of carbonyl (C=O) groups excluding carboxylic acids is 2. The molecule has 1 aromatic carbocycles. The molecule has 2 aromatic rings. The molecular weight excluding hydrogens is 431 g/mol. The molecule has 7 heteroatoms. The number of benzene rings is 1. The lowest BCUT2D eigenvalue weighted by Crippen LogP contribution is -2.49. The van der Waals surface area contributed by atoms with E-state index in [2.05, 4.69) is 15.6 Å². The van der Waals surface area contributed by atoms with Crippen LogP contribution in [0.3, 0.4) is 0 Å². The number of amides is 2. The highest BCUT2D eigenvalue weighted by molar-refractivity contribution is 5.92. The summed E-state index contributed by atoms with van der Waals surface area (Å²) >= 11 is 0. The van der Waals surface area contributed by atoms with E-state index in [0.717, 1.165) is 68.2 Å². The Labute approximate surface area is 200 Å². The average molecular weight is 467 g/mol. The van der Waals surface area contributed by atoms with E-state index in [9.17, 15) is 14.0 Å². The van der Waals surface area contributed by atoms with E-state index in [4.69, 9.17) is 5.73 Å². The molecule has 0 aliphatic heterocycles. The van der Waals surface area contributed by atoms with E-state index in [1.54, 1.807) is 30.6 Å². The van der Waals surface area contributed by atoms with Crippen molar-refractivity contribution in [2.75, 3.05) is 11.9 Å². The molecule has 2 amide bonds. The van der Waals surface area contributed by atoms with Gasteiger partial charge in [0.25, 0.3) is 0 Å². The Morgan fingerprint density at radius 3 is 2.44 bits per heavy atom. The molecule has 2 aliphatic carbocycles.